The molecule has 0 atom stereocenters. The summed E-state index contributed by atoms with van der Waals surface area (Å²) >= 11 is 1.43. The third-order valence-corrected chi connectivity index (χ3v) is 4.91. The number of nitrogens with zero attached hydrogens (tertiary/aromatic N) is 4. The molecule has 9 heteroatoms. The van der Waals surface area contributed by atoms with E-state index in [1.165, 1.54) is 17.7 Å². The fourth-order valence-corrected chi connectivity index (χ4v) is 3.49. The molecule has 0 fully saturated rings. The number of rotatable bonds is 4. The Bertz CT molecular complexity index is 1020. The lowest BCUT2D eigenvalue weighted by atomic mass is 10.0. The van der Waals surface area contributed by atoms with E-state index in [4.69, 9.17) is 5.73 Å². The summed E-state index contributed by atoms with van der Waals surface area (Å²) in [6.45, 7) is 1.76. The van der Waals surface area contributed by atoms with Gasteiger partial charge in [-0.05, 0) is 37.1 Å². The van der Waals surface area contributed by atoms with Gasteiger partial charge in [0.1, 0.15) is 22.7 Å². The van der Waals surface area contributed by atoms with Crippen LogP contribution >= 0.6 is 11.3 Å². The molecule has 4 N–H and O–H groups in total. The maximum absolute atomic E-state index is 13.5. The zero-order chi connectivity index (χ0) is 18.1. The van der Waals surface area contributed by atoms with E-state index in [9.17, 15) is 4.39 Å². The number of anilines is 4. The van der Waals surface area contributed by atoms with Crippen LogP contribution in [-0.2, 0) is 0 Å². The van der Waals surface area contributed by atoms with Crippen molar-refractivity contribution in [3.63, 3.8) is 0 Å². The van der Waals surface area contributed by atoms with Crippen LogP contribution in [0.1, 0.15) is 19.8 Å². The van der Waals surface area contributed by atoms with Crippen molar-refractivity contribution in [3.8, 4) is 0 Å². The Balaban J connectivity index is 1.61. The zero-order valence-electron chi connectivity index (χ0n) is 14.0. The summed E-state index contributed by atoms with van der Waals surface area (Å²) in [5, 5.41) is 7.14. The summed E-state index contributed by atoms with van der Waals surface area (Å²) in [6, 6.07) is 3.54. The Kier molecular flexibility index (Phi) is 4.21. The van der Waals surface area contributed by atoms with Gasteiger partial charge < -0.3 is 16.4 Å². The molecule has 26 heavy (non-hydrogen) atoms. The molecule has 0 amide bonds. The van der Waals surface area contributed by atoms with Gasteiger partial charge in [-0.2, -0.15) is 4.98 Å². The quantitative estimate of drug-likeness (QED) is 0.635. The van der Waals surface area contributed by atoms with Crippen molar-refractivity contribution < 1.29 is 4.39 Å². The Labute approximate surface area is 152 Å². The molecule has 0 saturated carbocycles. The molecular weight excluding hydrogens is 353 g/mol. The minimum absolute atomic E-state index is 0.0650. The van der Waals surface area contributed by atoms with E-state index in [2.05, 4.69) is 30.6 Å². The van der Waals surface area contributed by atoms with Gasteiger partial charge in [0.15, 0.2) is 16.6 Å². The van der Waals surface area contributed by atoms with Gasteiger partial charge in [0.25, 0.3) is 0 Å². The smallest absolute Gasteiger partial charge is 0.190 e. The largest absolute Gasteiger partial charge is 0.384 e. The van der Waals surface area contributed by atoms with Crippen LogP contribution in [0.25, 0.3) is 10.3 Å². The second kappa shape index (κ2) is 6.68. The molecule has 1 aliphatic rings. The number of halogens is 1. The van der Waals surface area contributed by atoms with Crippen LogP contribution < -0.4 is 16.4 Å². The van der Waals surface area contributed by atoms with E-state index >= 15 is 0 Å². The summed E-state index contributed by atoms with van der Waals surface area (Å²) in [5.74, 6) is 1.06. The molecule has 0 saturated heterocycles. The summed E-state index contributed by atoms with van der Waals surface area (Å²) in [6.07, 6.45) is 5.93. The number of aromatic nitrogens is 4. The highest BCUT2D eigenvalue weighted by atomic mass is 32.1. The van der Waals surface area contributed by atoms with E-state index in [0.717, 1.165) is 16.1 Å². The van der Waals surface area contributed by atoms with Crippen LogP contribution in [0.2, 0.25) is 0 Å². The molecule has 4 rings (SSSR count). The minimum atomic E-state index is -0.0650. The van der Waals surface area contributed by atoms with E-state index < -0.39 is 0 Å². The van der Waals surface area contributed by atoms with Crippen LogP contribution in [0.4, 0.5) is 26.8 Å². The fraction of sp³-hybridized carbons (Fsp3) is 0.176. The highest BCUT2D eigenvalue weighted by molar-refractivity contribution is 7.22. The SMILES string of the molecule is CC1=C(F)CCC(Nc2ncnc3nc(Nc4ccc(N)nc4)sc23)=C1. The number of nitrogens with one attached hydrogen (secondary N) is 2. The molecule has 3 aromatic heterocycles. The number of hydrogen-bond donors (Lipinski definition) is 3. The van der Waals surface area contributed by atoms with Crippen LogP contribution in [0, 0.1) is 0 Å². The molecule has 0 aromatic carbocycles. The van der Waals surface area contributed by atoms with Gasteiger partial charge in [-0.3, -0.25) is 0 Å². The molecule has 0 bridgehead atoms. The van der Waals surface area contributed by atoms with Crippen molar-refractivity contribution in [2.75, 3.05) is 16.4 Å². The molecule has 0 aliphatic heterocycles. The predicted octanol–water partition coefficient (Wildman–Crippen LogP) is 4.14. The number of allylic oxidation sites excluding steroid dienone is 4. The van der Waals surface area contributed by atoms with Gasteiger partial charge in [-0.1, -0.05) is 11.3 Å². The zero-order valence-corrected chi connectivity index (χ0v) is 14.8. The average molecular weight is 369 g/mol. The van der Waals surface area contributed by atoms with Gasteiger partial charge in [-0.15, -0.1) is 0 Å². The number of nitrogens with two attached hydrogens (primary N) is 1. The molecule has 0 unspecified atom stereocenters. The summed E-state index contributed by atoms with van der Waals surface area (Å²) < 4.78 is 14.4. The van der Waals surface area contributed by atoms with E-state index in [0.29, 0.717) is 40.8 Å². The van der Waals surface area contributed by atoms with Gasteiger partial charge in [0.05, 0.1) is 11.9 Å². The summed E-state index contributed by atoms with van der Waals surface area (Å²) in [5.41, 5.74) is 8.54. The molecule has 3 heterocycles. The first-order valence-corrected chi connectivity index (χ1v) is 8.83. The van der Waals surface area contributed by atoms with Crippen molar-refractivity contribution in [1.29, 1.82) is 0 Å². The second-order valence-electron chi connectivity index (χ2n) is 5.87. The molecule has 1 aliphatic carbocycles. The Morgan fingerprint density at radius 3 is 2.81 bits per heavy atom. The molecule has 3 aromatic rings. The van der Waals surface area contributed by atoms with Crippen molar-refractivity contribution in [2.45, 2.75) is 19.8 Å². The highest BCUT2D eigenvalue weighted by Crippen LogP contribution is 2.33. The molecule has 0 spiro atoms. The first-order chi connectivity index (χ1) is 12.6. The number of fused-ring (bicyclic) bond motifs is 1. The monoisotopic (exact) mass is 369 g/mol. The number of thiazole rings is 1. The van der Waals surface area contributed by atoms with Crippen LogP contribution in [0.15, 0.2) is 47.8 Å². The molecule has 7 nitrogen and oxygen atoms in total. The topological polar surface area (TPSA) is 102 Å². The first kappa shape index (κ1) is 16.4. The summed E-state index contributed by atoms with van der Waals surface area (Å²) in [4.78, 5) is 17.1. The lowest BCUT2D eigenvalue weighted by Gasteiger charge is -2.15. The Morgan fingerprint density at radius 2 is 2.04 bits per heavy atom. The number of hydrogen-bond acceptors (Lipinski definition) is 8. The number of nitrogen functional groups attached to an aromatic ring is 1. The van der Waals surface area contributed by atoms with Crippen LogP contribution in [0.5, 0.6) is 0 Å². The van der Waals surface area contributed by atoms with E-state index in [1.54, 1.807) is 19.2 Å². The number of pyridine rings is 1. The van der Waals surface area contributed by atoms with E-state index in [1.807, 2.05) is 12.1 Å². The van der Waals surface area contributed by atoms with E-state index in [-0.39, 0.29) is 5.83 Å². The maximum Gasteiger partial charge on any atom is 0.190 e. The fourth-order valence-electron chi connectivity index (χ4n) is 2.60. The summed E-state index contributed by atoms with van der Waals surface area (Å²) in [7, 11) is 0. The minimum Gasteiger partial charge on any atom is -0.384 e. The van der Waals surface area contributed by atoms with Crippen molar-refractivity contribution in [1.82, 2.24) is 19.9 Å². The first-order valence-electron chi connectivity index (χ1n) is 8.01. The predicted molar refractivity (Wildman–Crippen MR) is 102 cm³/mol. The highest BCUT2D eigenvalue weighted by Gasteiger charge is 2.15. The maximum atomic E-state index is 13.5. The van der Waals surface area contributed by atoms with Crippen LogP contribution in [0.3, 0.4) is 0 Å². The van der Waals surface area contributed by atoms with Gasteiger partial charge in [-0.25, -0.2) is 19.3 Å². The standard InChI is InChI=1S/C17H16FN7S/c1-9-6-10(2-4-12(9)18)23-15-14-16(22-8-21-15)25-17(26-14)24-11-3-5-13(19)20-7-11/h3,5-8H,2,4H2,1H3,(H2,19,20)(H2,21,22,23,24,25). The van der Waals surface area contributed by atoms with Gasteiger partial charge in [0, 0.05) is 12.1 Å². The third kappa shape index (κ3) is 3.33. The molecule has 0 radical (unpaired) electrons. The lowest BCUT2D eigenvalue weighted by molar-refractivity contribution is 0.572. The molecule has 132 valence electrons. The normalized spacial score (nSPS) is 14.5. The van der Waals surface area contributed by atoms with Crippen molar-refractivity contribution in [3.05, 3.63) is 47.8 Å². The van der Waals surface area contributed by atoms with Gasteiger partial charge in [0.2, 0.25) is 0 Å². The Morgan fingerprint density at radius 1 is 1.15 bits per heavy atom. The third-order valence-electron chi connectivity index (χ3n) is 3.94. The van der Waals surface area contributed by atoms with Gasteiger partial charge >= 0.3 is 0 Å². The average Bonchev–Trinajstić information content (AvgIpc) is 3.04. The lowest BCUT2D eigenvalue weighted by Crippen LogP contribution is -2.06. The van der Waals surface area contributed by atoms with Crippen molar-refractivity contribution in [2.24, 2.45) is 0 Å². The van der Waals surface area contributed by atoms with Crippen LogP contribution in [-0.4, -0.2) is 19.9 Å². The molecular formula is C17H16FN7S. The second-order valence-corrected chi connectivity index (χ2v) is 6.87. The Hall–Kier alpha value is -3.07. The van der Waals surface area contributed by atoms with Crippen molar-refractivity contribution >= 4 is 44.1 Å².